The minimum Gasteiger partial charge on any atom is -0.384 e. The van der Waals surface area contributed by atoms with Gasteiger partial charge in [0.15, 0.2) is 11.6 Å². The summed E-state index contributed by atoms with van der Waals surface area (Å²) in [7, 11) is 0. The van der Waals surface area contributed by atoms with Crippen LogP contribution in [0.2, 0.25) is 5.02 Å². The highest BCUT2D eigenvalue weighted by Gasteiger charge is 2.32. The number of benzene rings is 2. The molecule has 0 atom stereocenters. The summed E-state index contributed by atoms with van der Waals surface area (Å²) in [6.45, 7) is 5.59. The van der Waals surface area contributed by atoms with Crippen LogP contribution >= 0.6 is 11.6 Å². The van der Waals surface area contributed by atoms with Gasteiger partial charge in [0.2, 0.25) is 5.91 Å². The van der Waals surface area contributed by atoms with E-state index in [1.165, 1.54) is 0 Å². The number of hydrogen-bond donors (Lipinski definition) is 1. The van der Waals surface area contributed by atoms with E-state index in [1.807, 2.05) is 42.5 Å². The first kappa shape index (κ1) is 30.0. The average Bonchev–Trinajstić information content (AvgIpc) is 3.45. The second-order valence-electron chi connectivity index (χ2n) is 10.7. The van der Waals surface area contributed by atoms with E-state index < -0.39 is 0 Å². The molecule has 5 rings (SSSR count). The summed E-state index contributed by atoms with van der Waals surface area (Å²) in [4.78, 5) is 45.1. The third-order valence-electron chi connectivity index (χ3n) is 8.08. The summed E-state index contributed by atoms with van der Waals surface area (Å²) in [6, 6.07) is 14.7. The number of pyridine rings is 1. The highest BCUT2D eigenvalue weighted by molar-refractivity contribution is 6.31. The molecule has 3 aromatic rings. The largest absolute Gasteiger partial charge is 0.384 e. The first-order chi connectivity index (χ1) is 20.4. The van der Waals surface area contributed by atoms with Gasteiger partial charge in [-0.2, -0.15) is 0 Å². The summed E-state index contributed by atoms with van der Waals surface area (Å²) < 4.78 is 0. The lowest BCUT2D eigenvalue weighted by atomic mass is 9.82. The molecule has 2 aromatic carbocycles. The fourth-order valence-electron chi connectivity index (χ4n) is 5.63. The molecule has 1 saturated carbocycles. The second kappa shape index (κ2) is 13.6. The third-order valence-corrected chi connectivity index (χ3v) is 8.31. The SMILES string of the molecule is CCN(C[C]1[CH][CH][CH][C]1CNc1ccnc2cc(Cl)ccc12)C(=O)CCCCCC1=C(C)C(=O)c2ccccc2C1=O. The average molecular weight is 581 g/mol. The maximum Gasteiger partial charge on any atom is 0.222 e. The fraction of sp³-hybridized carbons (Fsp3) is 0.286. The molecule has 0 unspecified atom stereocenters. The lowest BCUT2D eigenvalue weighted by Gasteiger charge is -2.27. The van der Waals surface area contributed by atoms with Gasteiger partial charge in [-0.15, -0.1) is 0 Å². The van der Waals surface area contributed by atoms with Crippen molar-refractivity contribution in [1.29, 1.82) is 0 Å². The van der Waals surface area contributed by atoms with E-state index in [0.29, 0.717) is 59.8 Å². The molecule has 2 aliphatic rings. The van der Waals surface area contributed by atoms with Crippen molar-refractivity contribution in [1.82, 2.24) is 9.88 Å². The number of anilines is 1. The van der Waals surface area contributed by atoms with Gasteiger partial charge in [-0.1, -0.05) is 42.3 Å². The number of amides is 1. The molecule has 6 nitrogen and oxygen atoms in total. The van der Waals surface area contributed by atoms with Crippen molar-refractivity contribution >= 4 is 45.7 Å². The zero-order chi connectivity index (χ0) is 29.6. The van der Waals surface area contributed by atoms with Gasteiger partial charge in [-0.05, 0) is 76.6 Å². The number of halogens is 1. The first-order valence-corrected chi connectivity index (χ1v) is 14.9. The smallest absolute Gasteiger partial charge is 0.222 e. The van der Waals surface area contributed by atoms with Crippen LogP contribution in [-0.2, 0) is 4.79 Å². The number of Topliss-reactive ketones (excluding diaryl/α,β-unsaturated/α-hetero) is 2. The lowest BCUT2D eigenvalue weighted by Crippen LogP contribution is -2.36. The predicted octanol–water partition coefficient (Wildman–Crippen LogP) is 7.27. The Bertz CT molecular complexity index is 1510. The van der Waals surface area contributed by atoms with Gasteiger partial charge < -0.3 is 10.2 Å². The van der Waals surface area contributed by atoms with Crippen molar-refractivity contribution < 1.29 is 14.4 Å². The van der Waals surface area contributed by atoms with Gasteiger partial charge in [-0.3, -0.25) is 19.4 Å². The van der Waals surface area contributed by atoms with Crippen molar-refractivity contribution in [2.24, 2.45) is 0 Å². The summed E-state index contributed by atoms with van der Waals surface area (Å²) in [5, 5.41) is 5.19. The number of nitrogens with one attached hydrogen (secondary N) is 1. The Morgan fingerprint density at radius 1 is 0.952 bits per heavy atom. The molecule has 0 aliphatic heterocycles. The van der Waals surface area contributed by atoms with Crippen LogP contribution in [0, 0.1) is 31.1 Å². The van der Waals surface area contributed by atoms with Gasteiger partial charge in [0, 0.05) is 82.5 Å². The quantitative estimate of drug-likeness (QED) is 0.228. The van der Waals surface area contributed by atoms with Crippen LogP contribution < -0.4 is 5.32 Å². The number of allylic oxidation sites excluding steroid dienone is 2. The van der Waals surface area contributed by atoms with Crippen molar-refractivity contribution in [3.63, 3.8) is 0 Å². The summed E-state index contributed by atoms with van der Waals surface area (Å²) in [5.41, 5.74) is 3.98. The summed E-state index contributed by atoms with van der Waals surface area (Å²) >= 11 is 6.13. The van der Waals surface area contributed by atoms with Crippen molar-refractivity contribution in [2.75, 3.05) is 25.0 Å². The van der Waals surface area contributed by atoms with E-state index >= 15 is 0 Å². The number of hydrogen-bond acceptors (Lipinski definition) is 5. The Labute approximate surface area is 253 Å². The molecular weight excluding hydrogens is 546 g/mol. The molecule has 215 valence electrons. The van der Waals surface area contributed by atoms with Crippen LogP contribution in [0.4, 0.5) is 5.69 Å². The molecular formula is C35H35ClN3O3. The van der Waals surface area contributed by atoms with Gasteiger partial charge in [0.1, 0.15) is 0 Å². The molecule has 2 aliphatic carbocycles. The molecule has 1 heterocycles. The van der Waals surface area contributed by atoms with Crippen LogP contribution in [0.5, 0.6) is 0 Å². The number of rotatable bonds is 12. The highest BCUT2D eigenvalue weighted by atomic mass is 35.5. The number of carbonyl (C=O) groups is 3. The van der Waals surface area contributed by atoms with E-state index in [1.54, 1.807) is 37.4 Å². The maximum absolute atomic E-state index is 13.1. The number of aromatic nitrogens is 1. The molecule has 1 fully saturated rings. The number of carbonyl (C=O) groups excluding carboxylic acids is 3. The molecule has 1 N–H and O–H groups in total. The van der Waals surface area contributed by atoms with E-state index in [4.69, 9.17) is 11.6 Å². The van der Waals surface area contributed by atoms with Crippen LogP contribution in [0.25, 0.3) is 10.9 Å². The van der Waals surface area contributed by atoms with Crippen molar-refractivity contribution in [3.8, 4) is 0 Å². The van der Waals surface area contributed by atoms with Gasteiger partial charge in [0.05, 0.1) is 5.52 Å². The number of unbranched alkanes of at least 4 members (excludes halogenated alkanes) is 2. The zero-order valence-electron chi connectivity index (χ0n) is 24.1. The van der Waals surface area contributed by atoms with Crippen molar-refractivity contribution in [2.45, 2.75) is 46.0 Å². The van der Waals surface area contributed by atoms with Gasteiger partial charge in [-0.25, -0.2) is 0 Å². The van der Waals surface area contributed by atoms with E-state index in [0.717, 1.165) is 47.7 Å². The van der Waals surface area contributed by atoms with Crippen LogP contribution in [0.3, 0.4) is 0 Å². The Morgan fingerprint density at radius 2 is 1.71 bits per heavy atom. The molecule has 1 amide bonds. The van der Waals surface area contributed by atoms with E-state index in [2.05, 4.69) is 23.1 Å². The molecule has 7 heteroatoms. The van der Waals surface area contributed by atoms with Crippen molar-refractivity contribution in [3.05, 3.63) is 113 Å². The Hall–Kier alpha value is -3.51. The van der Waals surface area contributed by atoms with E-state index in [-0.39, 0.29) is 17.5 Å². The topological polar surface area (TPSA) is 79.4 Å². The maximum atomic E-state index is 13.1. The Morgan fingerprint density at radius 3 is 2.50 bits per heavy atom. The number of nitrogens with zero attached hydrogens (tertiary/aromatic N) is 2. The minimum atomic E-state index is -0.0601. The van der Waals surface area contributed by atoms with E-state index in [9.17, 15) is 14.4 Å². The molecule has 5 radical (unpaired) electrons. The zero-order valence-corrected chi connectivity index (χ0v) is 24.8. The molecule has 42 heavy (non-hydrogen) atoms. The summed E-state index contributed by atoms with van der Waals surface area (Å²) in [6.07, 6.45) is 11.3. The van der Waals surface area contributed by atoms with Crippen LogP contribution in [0.15, 0.2) is 65.9 Å². The number of fused-ring (bicyclic) bond motifs is 2. The van der Waals surface area contributed by atoms with Crippen LogP contribution in [-0.4, -0.2) is 47.0 Å². The van der Waals surface area contributed by atoms with Gasteiger partial charge >= 0.3 is 0 Å². The highest BCUT2D eigenvalue weighted by Crippen LogP contribution is 2.35. The molecule has 1 aromatic heterocycles. The van der Waals surface area contributed by atoms with Gasteiger partial charge in [0.25, 0.3) is 0 Å². The fourth-order valence-corrected chi connectivity index (χ4v) is 5.80. The third kappa shape index (κ3) is 6.59. The molecule has 0 saturated heterocycles. The molecule has 0 spiro atoms. The molecule has 0 bridgehead atoms. The van der Waals surface area contributed by atoms with Crippen LogP contribution in [0.1, 0.15) is 66.7 Å². The first-order valence-electron chi connectivity index (χ1n) is 14.5. The lowest BCUT2D eigenvalue weighted by molar-refractivity contribution is -0.130. The predicted molar refractivity (Wildman–Crippen MR) is 168 cm³/mol. The number of ketones is 2. The minimum absolute atomic E-state index is 0.0440. The second-order valence-corrected chi connectivity index (χ2v) is 11.2. The monoisotopic (exact) mass is 580 g/mol. The standard InChI is InChI=1S/C35H35ClN3O3/c1-3-39(22-25-11-9-10-24(25)21-38-31-18-19-37-32-20-26(36)16-17-30(31)32)33(40)15-6-4-5-12-27-23(2)34(41)28-13-7-8-14-29(28)35(27)42/h7-11,13-14,16-20H,3-6,12,15,21-22H2,1-2H3,(H,37,38). The Kier molecular flexibility index (Phi) is 9.73. The summed E-state index contributed by atoms with van der Waals surface area (Å²) in [5.74, 6) is 2.30. The normalized spacial score (nSPS) is 15.9. The Balaban J connectivity index is 1.08.